The molecular weight excluding hydrogens is 244 g/mol. The lowest BCUT2D eigenvalue weighted by atomic mass is 9.90. The summed E-state index contributed by atoms with van der Waals surface area (Å²) in [4.78, 5) is 13.3. The number of carbonyl (C=O) groups is 1. The molecule has 1 aliphatic rings. The van der Waals surface area contributed by atoms with Crippen molar-refractivity contribution in [2.24, 2.45) is 5.92 Å². The molecule has 1 atom stereocenters. The van der Waals surface area contributed by atoms with E-state index in [9.17, 15) is 4.79 Å². The third-order valence-electron chi connectivity index (χ3n) is 3.71. The van der Waals surface area contributed by atoms with Crippen LogP contribution >= 0.6 is 11.3 Å². The maximum atomic E-state index is 12.2. The van der Waals surface area contributed by atoms with Gasteiger partial charge in [0, 0.05) is 11.4 Å². The lowest BCUT2D eigenvalue weighted by Crippen LogP contribution is -2.40. The molecule has 3 nitrogen and oxygen atoms in total. The minimum Gasteiger partial charge on any atom is -0.355 e. The molecule has 2 rings (SSSR count). The molecule has 0 bridgehead atoms. The molecule has 2 N–H and O–H groups in total. The Bertz CT molecular complexity index is 381. The van der Waals surface area contributed by atoms with E-state index in [2.05, 4.69) is 10.6 Å². The zero-order valence-corrected chi connectivity index (χ0v) is 12.0. The van der Waals surface area contributed by atoms with E-state index in [0.29, 0.717) is 0 Å². The summed E-state index contributed by atoms with van der Waals surface area (Å²) in [5.41, 5.74) is -0.415. The minimum absolute atomic E-state index is 0.135. The van der Waals surface area contributed by atoms with E-state index in [0.717, 1.165) is 36.9 Å². The van der Waals surface area contributed by atoms with Gasteiger partial charge in [0.2, 0.25) is 5.91 Å². The first-order valence-corrected chi connectivity index (χ1v) is 7.51. The van der Waals surface area contributed by atoms with Crippen molar-refractivity contribution in [3.8, 4) is 0 Å². The summed E-state index contributed by atoms with van der Waals surface area (Å²) in [5.74, 6) is 0.867. The Morgan fingerprint density at radius 1 is 1.61 bits per heavy atom. The largest absolute Gasteiger partial charge is 0.355 e. The van der Waals surface area contributed by atoms with Gasteiger partial charge >= 0.3 is 0 Å². The van der Waals surface area contributed by atoms with Crippen molar-refractivity contribution in [1.82, 2.24) is 10.6 Å². The maximum absolute atomic E-state index is 12.2. The molecule has 1 amide bonds. The van der Waals surface area contributed by atoms with Crippen molar-refractivity contribution in [2.75, 3.05) is 19.6 Å². The van der Waals surface area contributed by atoms with Gasteiger partial charge < -0.3 is 10.6 Å². The summed E-state index contributed by atoms with van der Waals surface area (Å²) in [7, 11) is 0. The Labute approximate surface area is 113 Å². The molecule has 1 unspecified atom stereocenters. The Morgan fingerprint density at radius 2 is 2.44 bits per heavy atom. The standard InChI is InChI=1S/C14H22N2OS/c1-14(2,12-4-3-9-18-12)13(17)16-8-6-11-5-7-15-10-11/h3-4,9,11,15H,5-8,10H2,1-2H3,(H,16,17). The minimum atomic E-state index is -0.415. The second-order valence-corrected chi connectivity index (χ2v) is 6.45. The van der Waals surface area contributed by atoms with Crippen LogP contribution in [0.1, 0.15) is 31.6 Å². The first-order valence-electron chi connectivity index (χ1n) is 6.63. The van der Waals surface area contributed by atoms with Crippen LogP contribution in [0.25, 0.3) is 0 Å². The molecule has 0 radical (unpaired) electrons. The monoisotopic (exact) mass is 266 g/mol. The molecule has 1 fully saturated rings. The zero-order chi connectivity index (χ0) is 13.0. The van der Waals surface area contributed by atoms with Crippen LogP contribution in [0.15, 0.2) is 17.5 Å². The second-order valence-electron chi connectivity index (χ2n) is 5.51. The van der Waals surface area contributed by atoms with Gasteiger partial charge in [-0.3, -0.25) is 4.79 Å². The summed E-state index contributed by atoms with van der Waals surface area (Å²) in [6.45, 7) is 7.00. The van der Waals surface area contributed by atoms with Gasteiger partial charge in [-0.1, -0.05) is 6.07 Å². The molecule has 0 aromatic carbocycles. The van der Waals surface area contributed by atoms with Crippen LogP contribution in [0.3, 0.4) is 0 Å². The third kappa shape index (κ3) is 3.12. The maximum Gasteiger partial charge on any atom is 0.230 e. The average molecular weight is 266 g/mol. The Morgan fingerprint density at radius 3 is 3.06 bits per heavy atom. The average Bonchev–Trinajstić information content (AvgIpc) is 3.02. The van der Waals surface area contributed by atoms with Crippen LogP contribution in [-0.4, -0.2) is 25.5 Å². The number of thiophene rings is 1. The molecule has 4 heteroatoms. The van der Waals surface area contributed by atoms with Crippen LogP contribution in [-0.2, 0) is 10.2 Å². The number of carbonyl (C=O) groups excluding carboxylic acids is 1. The highest BCUT2D eigenvalue weighted by Gasteiger charge is 2.30. The first-order chi connectivity index (χ1) is 8.60. The van der Waals surface area contributed by atoms with Gasteiger partial charge in [0.15, 0.2) is 0 Å². The van der Waals surface area contributed by atoms with E-state index < -0.39 is 5.41 Å². The highest BCUT2D eigenvalue weighted by atomic mass is 32.1. The zero-order valence-electron chi connectivity index (χ0n) is 11.2. The van der Waals surface area contributed by atoms with E-state index in [-0.39, 0.29) is 5.91 Å². The molecule has 0 saturated carbocycles. The quantitative estimate of drug-likeness (QED) is 0.857. The first kappa shape index (κ1) is 13.6. The van der Waals surface area contributed by atoms with Gasteiger partial charge in [0.25, 0.3) is 0 Å². The third-order valence-corrected chi connectivity index (χ3v) is 4.90. The van der Waals surface area contributed by atoms with Crippen molar-refractivity contribution in [1.29, 1.82) is 0 Å². The molecule has 18 heavy (non-hydrogen) atoms. The van der Waals surface area contributed by atoms with Crippen molar-refractivity contribution >= 4 is 17.2 Å². The molecular formula is C14H22N2OS. The number of nitrogens with one attached hydrogen (secondary N) is 2. The van der Waals surface area contributed by atoms with Crippen LogP contribution in [0, 0.1) is 5.92 Å². The Kier molecular flexibility index (Phi) is 4.40. The van der Waals surface area contributed by atoms with Crippen LogP contribution in [0.2, 0.25) is 0 Å². The second kappa shape index (κ2) is 5.85. The van der Waals surface area contributed by atoms with E-state index >= 15 is 0 Å². The normalized spacial score (nSPS) is 20.0. The van der Waals surface area contributed by atoms with E-state index in [4.69, 9.17) is 0 Å². The van der Waals surface area contributed by atoms with Crippen molar-refractivity contribution in [2.45, 2.75) is 32.1 Å². The smallest absolute Gasteiger partial charge is 0.230 e. The van der Waals surface area contributed by atoms with E-state index in [1.54, 1.807) is 11.3 Å². The van der Waals surface area contributed by atoms with E-state index in [1.807, 2.05) is 31.4 Å². The summed E-state index contributed by atoms with van der Waals surface area (Å²) < 4.78 is 0. The van der Waals surface area contributed by atoms with Crippen molar-refractivity contribution in [3.63, 3.8) is 0 Å². The van der Waals surface area contributed by atoms with Crippen LogP contribution in [0.4, 0.5) is 0 Å². The van der Waals surface area contributed by atoms with Crippen LogP contribution in [0.5, 0.6) is 0 Å². The molecule has 2 heterocycles. The van der Waals surface area contributed by atoms with Gasteiger partial charge in [-0.25, -0.2) is 0 Å². The molecule has 1 aromatic rings. The fourth-order valence-corrected chi connectivity index (χ4v) is 3.17. The molecule has 100 valence electrons. The predicted octanol–water partition coefficient (Wildman–Crippen LogP) is 2.14. The Balaban J connectivity index is 1.80. The fraction of sp³-hybridized carbons (Fsp3) is 0.643. The lowest BCUT2D eigenvalue weighted by Gasteiger charge is -2.22. The SMILES string of the molecule is CC(C)(C(=O)NCCC1CCNC1)c1cccs1. The molecule has 0 spiro atoms. The number of amides is 1. The molecule has 1 aliphatic heterocycles. The lowest BCUT2D eigenvalue weighted by molar-refractivity contribution is -0.125. The number of rotatable bonds is 5. The summed E-state index contributed by atoms with van der Waals surface area (Å²) in [6.07, 6.45) is 2.32. The summed E-state index contributed by atoms with van der Waals surface area (Å²) >= 11 is 1.65. The number of hydrogen-bond donors (Lipinski definition) is 2. The predicted molar refractivity (Wildman–Crippen MR) is 75.9 cm³/mol. The summed E-state index contributed by atoms with van der Waals surface area (Å²) in [6, 6.07) is 4.03. The summed E-state index contributed by atoms with van der Waals surface area (Å²) in [5, 5.41) is 8.45. The van der Waals surface area contributed by atoms with Crippen molar-refractivity contribution in [3.05, 3.63) is 22.4 Å². The fourth-order valence-electron chi connectivity index (χ4n) is 2.32. The topological polar surface area (TPSA) is 41.1 Å². The van der Waals surface area contributed by atoms with Gasteiger partial charge in [0.1, 0.15) is 0 Å². The van der Waals surface area contributed by atoms with Gasteiger partial charge in [-0.15, -0.1) is 11.3 Å². The van der Waals surface area contributed by atoms with Crippen molar-refractivity contribution < 1.29 is 4.79 Å². The highest BCUT2D eigenvalue weighted by Crippen LogP contribution is 2.27. The van der Waals surface area contributed by atoms with E-state index in [1.165, 1.54) is 6.42 Å². The number of hydrogen-bond acceptors (Lipinski definition) is 3. The van der Waals surface area contributed by atoms with Gasteiger partial charge in [0.05, 0.1) is 5.41 Å². The highest BCUT2D eigenvalue weighted by molar-refractivity contribution is 7.10. The van der Waals surface area contributed by atoms with Crippen LogP contribution < -0.4 is 10.6 Å². The van der Waals surface area contributed by atoms with Gasteiger partial charge in [-0.2, -0.15) is 0 Å². The molecule has 1 saturated heterocycles. The molecule has 0 aliphatic carbocycles. The van der Waals surface area contributed by atoms with Gasteiger partial charge in [-0.05, 0) is 57.1 Å². The Hall–Kier alpha value is -0.870. The molecule has 1 aromatic heterocycles.